The minimum absolute atomic E-state index is 0.0974. The molecule has 1 heterocycles. The molecule has 1 aromatic carbocycles. The number of ether oxygens (including phenoxy) is 1. The van der Waals surface area contributed by atoms with Gasteiger partial charge in [-0.2, -0.15) is 0 Å². The average Bonchev–Trinajstić information content (AvgIpc) is 2.50. The van der Waals surface area contributed by atoms with E-state index >= 15 is 0 Å². The lowest BCUT2D eigenvalue weighted by Gasteiger charge is -2.28. The fourth-order valence-electron chi connectivity index (χ4n) is 2.53. The van der Waals surface area contributed by atoms with Crippen LogP contribution in [0.15, 0.2) is 24.3 Å². The molecule has 0 aliphatic carbocycles. The number of nitrogens with one attached hydrogen (secondary N) is 2. The number of methoxy groups -OCH3 is 1. The molecule has 2 unspecified atom stereocenters. The highest BCUT2D eigenvalue weighted by Gasteiger charge is 2.28. The number of carbonyl (C=O) groups excluding carboxylic acids is 1. The van der Waals surface area contributed by atoms with Crippen LogP contribution in [0.25, 0.3) is 0 Å². The van der Waals surface area contributed by atoms with E-state index in [0.717, 1.165) is 18.5 Å². The highest BCUT2D eigenvalue weighted by atomic mass is 16.5. The van der Waals surface area contributed by atoms with Gasteiger partial charge in [-0.25, -0.2) is 0 Å². The molecule has 0 spiro atoms. The number of hydrogen-bond donors (Lipinski definition) is 3. The van der Waals surface area contributed by atoms with Gasteiger partial charge in [-0.05, 0) is 24.5 Å². The van der Waals surface area contributed by atoms with Crippen molar-refractivity contribution in [2.24, 2.45) is 0 Å². The first-order valence-electron chi connectivity index (χ1n) is 7.34. The van der Waals surface area contributed by atoms with Gasteiger partial charge in [0.1, 0.15) is 6.04 Å². The predicted octanol–water partition coefficient (Wildman–Crippen LogP) is 0.777. The van der Waals surface area contributed by atoms with Crippen LogP contribution < -0.4 is 10.6 Å². The summed E-state index contributed by atoms with van der Waals surface area (Å²) in [5.41, 5.74) is 1.28. The Balaban J connectivity index is 1.96. The highest BCUT2D eigenvalue weighted by Crippen LogP contribution is 2.22. The molecule has 0 radical (unpaired) electrons. The summed E-state index contributed by atoms with van der Waals surface area (Å²) in [7, 11) is 1.59. The van der Waals surface area contributed by atoms with Gasteiger partial charge in [-0.15, -0.1) is 0 Å². The van der Waals surface area contributed by atoms with Crippen LogP contribution >= 0.6 is 0 Å². The molecule has 2 atom stereocenters. The van der Waals surface area contributed by atoms with Crippen LogP contribution in [0, 0.1) is 0 Å². The predicted molar refractivity (Wildman–Crippen MR) is 81.0 cm³/mol. The van der Waals surface area contributed by atoms with Crippen molar-refractivity contribution in [3.8, 4) is 0 Å². The van der Waals surface area contributed by atoms with Crippen LogP contribution in [0.4, 0.5) is 0 Å². The lowest BCUT2D eigenvalue weighted by molar-refractivity contribution is -0.124. The normalized spacial score (nSPS) is 20.4. The van der Waals surface area contributed by atoms with Gasteiger partial charge >= 0.3 is 0 Å². The van der Waals surface area contributed by atoms with Gasteiger partial charge in [0.25, 0.3) is 0 Å². The maximum Gasteiger partial charge on any atom is 0.241 e. The molecule has 0 aromatic heterocycles. The summed E-state index contributed by atoms with van der Waals surface area (Å²) in [5.74, 6) is -0.0974. The summed E-state index contributed by atoms with van der Waals surface area (Å²) < 4.78 is 4.96. The Labute approximate surface area is 125 Å². The minimum Gasteiger partial charge on any atom is -0.388 e. The molecule has 0 saturated carbocycles. The fourth-order valence-corrected chi connectivity index (χ4v) is 2.53. The summed E-state index contributed by atoms with van der Waals surface area (Å²) in [4.78, 5) is 12.4. The number of carbonyl (C=O) groups is 1. The van der Waals surface area contributed by atoms with Gasteiger partial charge in [0, 0.05) is 33.2 Å². The number of aliphatic hydroxyl groups is 1. The Kier molecular flexibility index (Phi) is 5.33. The van der Waals surface area contributed by atoms with Crippen LogP contribution in [-0.4, -0.2) is 43.4 Å². The standard InChI is InChI=1S/C16H24N2O3/c1-16(20,8-10-21-2)11-18-15(19)14-13-6-4-3-5-12(13)7-9-17-14/h3-6,14,17,20H,7-11H2,1-2H3,(H,18,19). The molecule has 0 bridgehead atoms. The molecule has 3 N–H and O–H groups in total. The van der Waals surface area contributed by atoms with Crippen molar-refractivity contribution in [2.75, 3.05) is 26.8 Å². The van der Waals surface area contributed by atoms with E-state index in [4.69, 9.17) is 4.74 Å². The zero-order chi connectivity index (χ0) is 15.3. The molecule has 0 fully saturated rings. The van der Waals surface area contributed by atoms with E-state index in [0.29, 0.717) is 13.0 Å². The summed E-state index contributed by atoms with van der Waals surface area (Å²) in [5, 5.41) is 16.2. The molecule has 2 rings (SSSR count). The average molecular weight is 292 g/mol. The number of fused-ring (bicyclic) bond motifs is 1. The second-order valence-electron chi connectivity index (χ2n) is 5.79. The topological polar surface area (TPSA) is 70.6 Å². The number of rotatable bonds is 6. The molecule has 116 valence electrons. The van der Waals surface area contributed by atoms with Crippen molar-refractivity contribution in [2.45, 2.75) is 31.4 Å². The van der Waals surface area contributed by atoms with E-state index in [2.05, 4.69) is 16.7 Å². The third kappa shape index (κ3) is 4.27. The van der Waals surface area contributed by atoms with Gasteiger partial charge in [-0.1, -0.05) is 24.3 Å². The summed E-state index contributed by atoms with van der Waals surface area (Å²) >= 11 is 0. The molecular formula is C16H24N2O3. The first-order chi connectivity index (χ1) is 10.0. The van der Waals surface area contributed by atoms with Crippen LogP contribution in [0.1, 0.15) is 30.5 Å². The molecule has 5 heteroatoms. The summed E-state index contributed by atoms with van der Waals surface area (Å²) in [6, 6.07) is 7.64. The van der Waals surface area contributed by atoms with Crippen molar-refractivity contribution in [1.82, 2.24) is 10.6 Å². The molecule has 1 aliphatic rings. The second kappa shape index (κ2) is 7.02. The molecule has 5 nitrogen and oxygen atoms in total. The van der Waals surface area contributed by atoms with E-state index in [1.165, 1.54) is 5.56 Å². The van der Waals surface area contributed by atoms with Crippen LogP contribution in [-0.2, 0) is 16.0 Å². The molecule has 0 saturated heterocycles. The van der Waals surface area contributed by atoms with Crippen LogP contribution in [0.5, 0.6) is 0 Å². The van der Waals surface area contributed by atoms with E-state index in [9.17, 15) is 9.90 Å². The SMILES string of the molecule is COCCC(C)(O)CNC(=O)C1NCCc2ccccc21. The van der Waals surface area contributed by atoms with Crippen molar-refractivity contribution in [3.63, 3.8) is 0 Å². The van der Waals surface area contributed by atoms with Crippen molar-refractivity contribution in [1.29, 1.82) is 0 Å². The largest absolute Gasteiger partial charge is 0.388 e. The zero-order valence-corrected chi connectivity index (χ0v) is 12.7. The lowest BCUT2D eigenvalue weighted by atomic mass is 9.93. The van der Waals surface area contributed by atoms with Crippen molar-refractivity contribution in [3.05, 3.63) is 35.4 Å². The third-order valence-corrected chi connectivity index (χ3v) is 3.86. The van der Waals surface area contributed by atoms with E-state index in [-0.39, 0.29) is 18.5 Å². The highest BCUT2D eigenvalue weighted by molar-refractivity contribution is 5.84. The van der Waals surface area contributed by atoms with Gasteiger partial charge in [0.2, 0.25) is 5.91 Å². The third-order valence-electron chi connectivity index (χ3n) is 3.86. The van der Waals surface area contributed by atoms with Crippen molar-refractivity contribution < 1.29 is 14.6 Å². The quantitative estimate of drug-likeness (QED) is 0.724. The lowest BCUT2D eigenvalue weighted by Crippen LogP contribution is -2.47. The Bertz CT molecular complexity index is 488. The first kappa shape index (κ1) is 15.9. The van der Waals surface area contributed by atoms with Crippen LogP contribution in [0.2, 0.25) is 0 Å². The number of hydrogen-bond acceptors (Lipinski definition) is 4. The monoisotopic (exact) mass is 292 g/mol. The van der Waals surface area contributed by atoms with Crippen LogP contribution in [0.3, 0.4) is 0 Å². The van der Waals surface area contributed by atoms with Gasteiger partial charge in [-0.3, -0.25) is 4.79 Å². The minimum atomic E-state index is -0.958. The Hall–Kier alpha value is -1.43. The van der Waals surface area contributed by atoms with E-state index in [1.807, 2.05) is 18.2 Å². The molecule has 21 heavy (non-hydrogen) atoms. The van der Waals surface area contributed by atoms with E-state index in [1.54, 1.807) is 14.0 Å². The smallest absolute Gasteiger partial charge is 0.241 e. The summed E-state index contributed by atoms with van der Waals surface area (Å²) in [6.07, 6.45) is 1.42. The summed E-state index contributed by atoms with van der Waals surface area (Å²) in [6.45, 7) is 3.17. The zero-order valence-electron chi connectivity index (χ0n) is 12.7. The Morgan fingerprint density at radius 3 is 3.05 bits per heavy atom. The van der Waals surface area contributed by atoms with E-state index < -0.39 is 5.60 Å². The molecule has 1 aromatic rings. The van der Waals surface area contributed by atoms with Gasteiger partial charge in [0.05, 0.1) is 5.60 Å². The number of amides is 1. The fraction of sp³-hybridized carbons (Fsp3) is 0.562. The molecule has 1 amide bonds. The number of benzene rings is 1. The maximum absolute atomic E-state index is 12.4. The van der Waals surface area contributed by atoms with Gasteiger partial charge in [0.15, 0.2) is 0 Å². The molecular weight excluding hydrogens is 268 g/mol. The Morgan fingerprint density at radius 1 is 1.52 bits per heavy atom. The van der Waals surface area contributed by atoms with Crippen molar-refractivity contribution >= 4 is 5.91 Å². The maximum atomic E-state index is 12.4. The first-order valence-corrected chi connectivity index (χ1v) is 7.34. The van der Waals surface area contributed by atoms with Gasteiger partial charge < -0.3 is 20.5 Å². The second-order valence-corrected chi connectivity index (χ2v) is 5.79. The Morgan fingerprint density at radius 2 is 2.29 bits per heavy atom. The molecule has 1 aliphatic heterocycles.